The van der Waals surface area contributed by atoms with Gasteiger partial charge in [-0.25, -0.2) is 9.55 Å². The van der Waals surface area contributed by atoms with Crippen molar-refractivity contribution in [2.45, 2.75) is 37.6 Å². The first kappa shape index (κ1) is 16.7. The van der Waals surface area contributed by atoms with E-state index in [1.165, 1.54) is 17.9 Å². The molecule has 0 unspecified atom stereocenters. The maximum Gasteiger partial charge on any atom is 0.205 e. The van der Waals surface area contributed by atoms with Crippen LogP contribution in [0.25, 0.3) is 5.69 Å². The van der Waals surface area contributed by atoms with E-state index in [9.17, 15) is 10.2 Å². The van der Waals surface area contributed by atoms with Gasteiger partial charge in [0.15, 0.2) is 11.4 Å². The number of methoxy groups -OCH3 is 2. The SMILES string of the molecule is COc1cc(-n2c(O)c3c(c2O)[C@@]2(C)O[C@]3(C)C[C@@H]2OC)cnc1C#N. The summed E-state index contributed by atoms with van der Waals surface area (Å²) in [7, 11) is 3.03. The quantitative estimate of drug-likeness (QED) is 0.865. The average molecular weight is 357 g/mol. The first-order valence-electron chi connectivity index (χ1n) is 8.15. The number of aromatic hydroxyl groups is 2. The lowest BCUT2D eigenvalue weighted by atomic mass is 9.78. The number of hydrogen-bond acceptors (Lipinski definition) is 7. The van der Waals surface area contributed by atoms with Crippen LogP contribution in [0.2, 0.25) is 0 Å². The molecule has 2 aromatic heterocycles. The Morgan fingerprint density at radius 1 is 1.31 bits per heavy atom. The molecule has 0 saturated carbocycles. The molecule has 8 heteroatoms. The Kier molecular flexibility index (Phi) is 3.29. The standard InChI is InChI=1S/C18H19N3O5/c1-17-6-12(25-4)18(2,26-17)14-13(17)15(22)21(16(14)23)9-5-11(24-3)10(7-19)20-8-9/h5,8,12,22-23H,6H2,1-4H3/t12-,17+,18-/m0/s1. The van der Waals surface area contributed by atoms with Crippen molar-refractivity contribution in [2.75, 3.05) is 14.2 Å². The van der Waals surface area contributed by atoms with E-state index in [1.54, 1.807) is 13.2 Å². The molecule has 2 N–H and O–H groups in total. The van der Waals surface area contributed by atoms with Crippen molar-refractivity contribution in [3.8, 4) is 29.3 Å². The average Bonchev–Trinajstić information content (AvgIpc) is 3.15. The van der Waals surface area contributed by atoms with E-state index in [-0.39, 0.29) is 29.3 Å². The maximum absolute atomic E-state index is 10.9. The van der Waals surface area contributed by atoms with Crippen LogP contribution in [-0.4, -0.2) is 40.1 Å². The maximum atomic E-state index is 10.9. The van der Waals surface area contributed by atoms with E-state index in [0.717, 1.165) is 0 Å². The van der Waals surface area contributed by atoms with Crippen molar-refractivity contribution in [1.29, 1.82) is 5.26 Å². The Morgan fingerprint density at radius 2 is 2.00 bits per heavy atom. The lowest BCUT2D eigenvalue weighted by Crippen LogP contribution is -2.34. The lowest BCUT2D eigenvalue weighted by Gasteiger charge is -2.28. The highest BCUT2D eigenvalue weighted by atomic mass is 16.6. The Balaban J connectivity index is 1.95. The molecule has 4 heterocycles. The van der Waals surface area contributed by atoms with Gasteiger partial charge >= 0.3 is 0 Å². The molecule has 4 rings (SSSR count). The second-order valence-electron chi connectivity index (χ2n) is 6.96. The summed E-state index contributed by atoms with van der Waals surface area (Å²) in [6.45, 7) is 3.72. The minimum atomic E-state index is -0.865. The number of ether oxygens (including phenoxy) is 3. The van der Waals surface area contributed by atoms with Crippen molar-refractivity contribution >= 4 is 0 Å². The summed E-state index contributed by atoms with van der Waals surface area (Å²) >= 11 is 0. The Labute approximate surface area is 150 Å². The number of rotatable bonds is 3. The fourth-order valence-corrected chi connectivity index (χ4v) is 4.36. The van der Waals surface area contributed by atoms with Crippen LogP contribution in [0.1, 0.15) is 37.1 Å². The van der Waals surface area contributed by atoms with Gasteiger partial charge in [0.05, 0.1) is 41.8 Å². The molecular weight excluding hydrogens is 338 g/mol. The minimum absolute atomic E-state index is 0.119. The Bertz CT molecular complexity index is 963. The number of pyridine rings is 1. The molecule has 2 bridgehead atoms. The van der Waals surface area contributed by atoms with Gasteiger partial charge in [0, 0.05) is 19.6 Å². The van der Waals surface area contributed by atoms with Gasteiger partial charge in [-0.15, -0.1) is 0 Å². The second-order valence-corrected chi connectivity index (χ2v) is 6.96. The number of aromatic nitrogens is 2. The lowest BCUT2D eigenvalue weighted by molar-refractivity contribution is -0.101. The monoisotopic (exact) mass is 357 g/mol. The van der Waals surface area contributed by atoms with Crippen molar-refractivity contribution in [2.24, 2.45) is 0 Å². The molecule has 2 aliphatic rings. The third kappa shape index (κ3) is 1.81. The minimum Gasteiger partial charge on any atom is -0.494 e. The predicted octanol–water partition coefficient (Wildman–Crippen LogP) is 2.04. The summed E-state index contributed by atoms with van der Waals surface area (Å²) in [5.41, 5.74) is -0.0622. The molecule has 3 atom stereocenters. The van der Waals surface area contributed by atoms with Crippen LogP contribution in [0.5, 0.6) is 17.5 Å². The van der Waals surface area contributed by atoms with E-state index in [4.69, 9.17) is 19.5 Å². The molecule has 1 saturated heterocycles. The zero-order chi connectivity index (χ0) is 18.9. The molecule has 2 aromatic rings. The fraction of sp³-hybridized carbons (Fsp3) is 0.444. The molecule has 26 heavy (non-hydrogen) atoms. The number of nitrogens with zero attached hydrogens (tertiary/aromatic N) is 3. The summed E-state index contributed by atoms with van der Waals surface area (Å²) < 4.78 is 18.2. The van der Waals surface area contributed by atoms with Crippen molar-refractivity contribution in [3.05, 3.63) is 29.1 Å². The summed E-state index contributed by atoms with van der Waals surface area (Å²) in [6, 6.07) is 3.48. The van der Waals surface area contributed by atoms with Crippen molar-refractivity contribution < 1.29 is 24.4 Å². The van der Waals surface area contributed by atoms with Crippen LogP contribution in [0.4, 0.5) is 0 Å². The van der Waals surface area contributed by atoms with Gasteiger partial charge in [0.1, 0.15) is 11.7 Å². The molecule has 0 aliphatic carbocycles. The highest BCUT2D eigenvalue weighted by Gasteiger charge is 2.64. The van der Waals surface area contributed by atoms with Crippen molar-refractivity contribution in [3.63, 3.8) is 0 Å². The summed E-state index contributed by atoms with van der Waals surface area (Å²) in [4.78, 5) is 4.04. The highest BCUT2D eigenvalue weighted by Crippen LogP contribution is 2.64. The van der Waals surface area contributed by atoms with Gasteiger partial charge in [-0.1, -0.05) is 0 Å². The van der Waals surface area contributed by atoms with Gasteiger partial charge < -0.3 is 24.4 Å². The number of fused-ring (bicyclic) bond motifs is 5. The van der Waals surface area contributed by atoms with Gasteiger partial charge in [-0.3, -0.25) is 0 Å². The zero-order valence-corrected chi connectivity index (χ0v) is 14.9. The summed E-state index contributed by atoms with van der Waals surface area (Å²) in [6.07, 6.45) is 1.73. The van der Waals surface area contributed by atoms with E-state index < -0.39 is 11.2 Å². The number of nitriles is 1. The third-order valence-electron chi connectivity index (χ3n) is 5.48. The Morgan fingerprint density at radius 3 is 2.62 bits per heavy atom. The first-order valence-corrected chi connectivity index (χ1v) is 8.15. The highest BCUT2D eigenvalue weighted by molar-refractivity contribution is 5.62. The van der Waals surface area contributed by atoms with E-state index >= 15 is 0 Å². The summed E-state index contributed by atoms with van der Waals surface area (Å²) in [5, 5.41) is 30.9. The van der Waals surface area contributed by atoms with Crippen LogP contribution in [-0.2, 0) is 20.7 Å². The number of hydrogen-bond donors (Lipinski definition) is 2. The topological polar surface area (TPSA) is 110 Å². The van der Waals surface area contributed by atoms with Crippen LogP contribution in [0.15, 0.2) is 12.3 Å². The van der Waals surface area contributed by atoms with Crippen LogP contribution in [0, 0.1) is 11.3 Å². The molecular formula is C18H19N3O5. The third-order valence-corrected chi connectivity index (χ3v) is 5.48. The van der Waals surface area contributed by atoms with Gasteiger partial charge in [-0.05, 0) is 13.8 Å². The van der Waals surface area contributed by atoms with Gasteiger partial charge in [0.2, 0.25) is 11.8 Å². The molecule has 136 valence electrons. The van der Waals surface area contributed by atoms with Crippen LogP contribution >= 0.6 is 0 Å². The van der Waals surface area contributed by atoms with Crippen molar-refractivity contribution in [1.82, 2.24) is 9.55 Å². The fourth-order valence-electron chi connectivity index (χ4n) is 4.36. The largest absolute Gasteiger partial charge is 0.494 e. The zero-order valence-electron chi connectivity index (χ0n) is 14.9. The van der Waals surface area contributed by atoms with Gasteiger partial charge in [-0.2, -0.15) is 5.26 Å². The first-order chi connectivity index (χ1) is 12.3. The molecule has 0 spiro atoms. The van der Waals surface area contributed by atoms with E-state index in [1.807, 2.05) is 19.9 Å². The molecule has 0 aromatic carbocycles. The molecule has 0 radical (unpaired) electrons. The van der Waals surface area contributed by atoms with Crippen LogP contribution in [0.3, 0.4) is 0 Å². The molecule has 1 fully saturated rings. The molecule has 8 nitrogen and oxygen atoms in total. The van der Waals surface area contributed by atoms with E-state index in [2.05, 4.69) is 4.98 Å². The molecule has 2 aliphatic heterocycles. The summed E-state index contributed by atoms with van der Waals surface area (Å²) in [5.74, 6) is -0.00468. The Hall–Kier alpha value is -2.76. The predicted molar refractivity (Wildman–Crippen MR) is 89.4 cm³/mol. The smallest absolute Gasteiger partial charge is 0.205 e. The van der Waals surface area contributed by atoms with Crippen LogP contribution < -0.4 is 4.74 Å². The van der Waals surface area contributed by atoms with E-state index in [0.29, 0.717) is 23.2 Å². The second kappa shape index (κ2) is 5.13. The molecule has 0 amide bonds. The van der Waals surface area contributed by atoms with Gasteiger partial charge in [0.25, 0.3) is 0 Å². The normalized spacial score (nSPS) is 28.8.